The molecule has 0 saturated heterocycles. The van der Waals surface area contributed by atoms with Gasteiger partial charge in [-0.25, -0.2) is 0 Å². The molecule has 1 rings (SSSR count). The number of hydrogen-bond acceptors (Lipinski definition) is 2. The lowest BCUT2D eigenvalue weighted by atomic mass is 10.0. The van der Waals surface area contributed by atoms with E-state index in [1.807, 2.05) is 0 Å². The Hall–Kier alpha value is -0.490. The highest BCUT2D eigenvalue weighted by Gasteiger charge is 2.37. The van der Waals surface area contributed by atoms with E-state index >= 15 is 0 Å². The zero-order valence-corrected chi connectivity index (χ0v) is 10.2. The quantitative estimate of drug-likeness (QED) is 0.898. The van der Waals surface area contributed by atoms with Crippen LogP contribution in [0.25, 0.3) is 0 Å². The molecule has 0 heterocycles. The van der Waals surface area contributed by atoms with Crippen LogP contribution in [0.2, 0.25) is 5.02 Å². The van der Waals surface area contributed by atoms with Crippen LogP contribution in [0.15, 0.2) is 24.3 Å². The minimum absolute atomic E-state index is 0. The molecule has 0 unspecified atom stereocenters. The molecule has 17 heavy (non-hydrogen) atoms. The number of aliphatic hydroxyl groups excluding tert-OH is 1. The molecule has 0 aliphatic rings. The summed E-state index contributed by atoms with van der Waals surface area (Å²) >= 11 is 5.65. The SMILES string of the molecule is Cl.N[C@H](C[C@@H](O)c1cccc(Cl)c1)C(F)(F)F. The fraction of sp³-hybridized carbons (Fsp3) is 0.400. The van der Waals surface area contributed by atoms with Crippen LogP contribution in [0, 0.1) is 0 Å². The number of halogens is 5. The fourth-order valence-electron chi connectivity index (χ4n) is 1.22. The second-order valence-corrected chi connectivity index (χ2v) is 3.89. The third kappa shape index (κ3) is 5.12. The van der Waals surface area contributed by atoms with E-state index in [0.29, 0.717) is 10.6 Å². The van der Waals surface area contributed by atoms with Gasteiger partial charge in [-0.3, -0.25) is 0 Å². The molecule has 1 aromatic carbocycles. The van der Waals surface area contributed by atoms with Crippen LogP contribution < -0.4 is 5.73 Å². The minimum Gasteiger partial charge on any atom is -0.388 e. The Bertz CT molecular complexity index is 360. The number of rotatable bonds is 3. The summed E-state index contributed by atoms with van der Waals surface area (Å²) in [5, 5.41) is 9.90. The summed E-state index contributed by atoms with van der Waals surface area (Å²) in [5.74, 6) is 0. The zero-order chi connectivity index (χ0) is 12.3. The maximum atomic E-state index is 12.1. The van der Waals surface area contributed by atoms with Crippen LogP contribution in [0.1, 0.15) is 18.1 Å². The van der Waals surface area contributed by atoms with Crippen LogP contribution in [0.3, 0.4) is 0 Å². The molecule has 2 atom stereocenters. The Morgan fingerprint density at radius 2 is 1.94 bits per heavy atom. The van der Waals surface area contributed by atoms with Gasteiger partial charge in [-0.05, 0) is 17.7 Å². The van der Waals surface area contributed by atoms with Gasteiger partial charge in [-0.2, -0.15) is 13.2 Å². The molecule has 3 N–H and O–H groups in total. The monoisotopic (exact) mass is 289 g/mol. The Labute approximate surface area is 108 Å². The Balaban J connectivity index is 0.00000256. The van der Waals surface area contributed by atoms with E-state index in [2.05, 4.69) is 0 Å². The van der Waals surface area contributed by atoms with Crippen LogP contribution in [-0.4, -0.2) is 17.3 Å². The second kappa shape index (κ2) is 6.44. The molecule has 0 aliphatic heterocycles. The predicted octanol–water partition coefficient (Wildman–Crippen LogP) is 3.07. The molecule has 0 saturated carbocycles. The molecular weight excluding hydrogens is 278 g/mol. The number of hydrogen-bond donors (Lipinski definition) is 2. The van der Waals surface area contributed by atoms with E-state index in [-0.39, 0.29) is 12.4 Å². The summed E-state index contributed by atoms with van der Waals surface area (Å²) in [4.78, 5) is 0. The molecule has 0 amide bonds. The zero-order valence-electron chi connectivity index (χ0n) is 8.62. The first kappa shape index (κ1) is 16.5. The van der Waals surface area contributed by atoms with Crippen molar-refractivity contribution in [2.45, 2.75) is 24.7 Å². The summed E-state index contributed by atoms with van der Waals surface area (Å²) < 4.78 is 36.4. The summed E-state index contributed by atoms with van der Waals surface area (Å²) in [6.07, 6.45) is -6.35. The predicted molar refractivity (Wildman–Crippen MR) is 62.3 cm³/mol. The normalized spacial score (nSPS) is 14.9. The summed E-state index contributed by atoms with van der Waals surface area (Å²) in [7, 11) is 0. The van der Waals surface area contributed by atoms with E-state index in [4.69, 9.17) is 17.3 Å². The number of nitrogens with two attached hydrogens (primary N) is 1. The van der Waals surface area contributed by atoms with Crippen molar-refractivity contribution in [1.82, 2.24) is 0 Å². The lowest BCUT2D eigenvalue weighted by molar-refractivity contribution is -0.153. The topological polar surface area (TPSA) is 46.2 Å². The first-order chi connectivity index (χ1) is 7.30. The van der Waals surface area contributed by atoms with E-state index in [0.717, 1.165) is 0 Å². The molecule has 2 nitrogen and oxygen atoms in total. The number of benzene rings is 1. The van der Waals surface area contributed by atoms with Crippen LogP contribution in [0.4, 0.5) is 13.2 Å². The Kier molecular flexibility index (Phi) is 6.26. The molecule has 0 aromatic heterocycles. The molecule has 7 heteroatoms. The van der Waals surface area contributed by atoms with Crippen molar-refractivity contribution in [3.8, 4) is 0 Å². The maximum Gasteiger partial charge on any atom is 0.403 e. The van der Waals surface area contributed by atoms with Crippen molar-refractivity contribution in [3.63, 3.8) is 0 Å². The standard InChI is InChI=1S/C10H11ClF3NO.ClH/c11-7-3-1-2-6(4-7)8(16)5-9(15)10(12,13)14;/h1-4,8-9,16H,5,15H2;1H/t8-,9-;/m1./s1. The highest BCUT2D eigenvalue weighted by atomic mass is 35.5. The van der Waals surface area contributed by atoms with Gasteiger partial charge in [0.15, 0.2) is 0 Å². The van der Waals surface area contributed by atoms with E-state index in [1.165, 1.54) is 12.1 Å². The van der Waals surface area contributed by atoms with E-state index in [9.17, 15) is 18.3 Å². The first-order valence-electron chi connectivity index (χ1n) is 4.56. The van der Waals surface area contributed by atoms with E-state index < -0.39 is 24.7 Å². The minimum atomic E-state index is -4.50. The molecule has 1 aromatic rings. The molecule has 0 fully saturated rings. The molecule has 0 radical (unpaired) electrons. The third-order valence-corrected chi connectivity index (χ3v) is 2.37. The van der Waals surface area contributed by atoms with Gasteiger partial charge in [0.1, 0.15) is 6.04 Å². The summed E-state index contributed by atoms with van der Waals surface area (Å²) in [5.41, 5.74) is 5.24. The van der Waals surface area contributed by atoms with Crippen molar-refractivity contribution >= 4 is 24.0 Å². The van der Waals surface area contributed by atoms with Gasteiger partial charge in [0, 0.05) is 11.4 Å². The van der Waals surface area contributed by atoms with Crippen LogP contribution in [-0.2, 0) is 0 Å². The highest BCUT2D eigenvalue weighted by molar-refractivity contribution is 6.30. The van der Waals surface area contributed by atoms with Crippen LogP contribution in [0.5, 0.6) is 0 Å². The van der Waals surface area contributed by atoms with Gasteiger partial charge >= 0.3 is 6.18 Å². The number of aliphatic hydroxyl groups is 1. The van der Waals surface area contributed by atoms with Crippen molar-refractivity contribution in [2.75, 3.05) is 0 Å². The molecule has 0 bridgehead atoms. The third-order valence-electron chi connectivity index (χ3n) is 2.13. The van der Waals surface area contributed by atoms with Gasteiger partial charge in [0.25, 0.3) is 0 Å². The van der Waals surface area contributed by atoms with Gasteiger partial charge in [0.05, 0.1) is 6.10 Å². The molecular formula is C10H12Cl2F3NO. The first-order valence-corrected chi connectivity index (χ1v) is 4.94. The average molecular weight is 290 g/mol. The smallest absolute Gasteiger partial charge is 0.388 e. The van der Waals surface area contributed by atoms with Crippen LogP contribution >= 0.6 is 24.0 Å². The molecule has 0 spiro atoms. The van der Waals surface area contributed by atoms with Crippen molar-refractivity contribution in [3.05, 3.63) is 34.9 Å². The van der Waals surface area contributed by atoms with Gasteiger partial charge in [-0.15, -0.1) is 12.4 Å². The maximum absolute atomic E-state index is 12.1. The summed E-state index contributed by atoms with van der Waals surface area (Å²) in [6, 6.07) is 4.00. The van der Waals surface area contributed by atoms with Gasteiger partial charge < -0.3 is 10.8 Å². The lowest BCUT2D eigenvalue weighted by Gasteiger charge is -2.19. The van der Waals surface area contributed by atoms with Gasteiger partial charge in [-0.1, -0.05) is 23.7 Å². The Morgan fingerprint density at radius 3 is 2.41 bits per heavy atom. The number of alkyl halides is 3. The second-order valence-electron chi connectivity index (χ2n) is 3.45. The van der Waals surface area contributed by atoms with Gasteiger partial charge in [0.2, 0.25) is 0 Å². The summed E-state index contributed by atoms with van der Waals surface area (Å²) in [6.45, 7) is 0. The van der Waals surface area contributed by atoms with Crippen molar-refractivity contribution in [1.29, 1.82) is 0 Å². The van der Waals surface area contributed by atoms with E-state index in [1.54, 1.807) is 12.1 Å². The Morgan fingerprint density at radius 1 is 1.35 bits per heavy atom. The highest BCUT2D eigenvalue weighted by Crippen LogP contribution is 2.27. The average Bonchev–Trinajstić information content (AvgIpc) is 2.16. The van der Waals surface area contributed by atoms with Crippen molar-refractivity contribution < 1.29 is 18.3 Å². The molecule has 0 aliphatic carbocycles. The van der Waals surface area contributed by atoms with Crippen molar-refractivity contribution in [2.24, 2.45) is 5.73 Å². The fourth-order valence-corrected chi connectivity index (χ4v) is 1.42. The molecule has 98 valence electrons. The largest absolute Gasteiger partial charge is 0.403 e. The lowest BCUT2D eigenvalue weighted by Crippen LogP contribution is -2.38.